The van der Waals surface area contributed by atoms with Gasteiger partial charge in [0.25, 0.3) is 0 Å². The standard InChI is InChI=1S/C17H13Cl2NO/c1-2-10-3-6-16-13(7-10)14(9-21)17(20-16)12-5-4-11(18)8-15(12)19/h3-9,20H,2H2,1H3. The van der Waals surface area contributed by atoms with Gasteiger partial charge in [-0.3, -0.25) is 4.79 Å². The monoisotopic (exact) mass is 317 g/mol. The Morgan fingerprint density at radius 1 is 1.14 bits per heavy atom. The van der Waals surface area contributed by atoms with Gasteiger partial charge in [-0.25, -0.2) is 0 Å². The molecule has 106 valence electrons. The SMILES string of the molecule is CCc1ccc2[nH]c(-c3ccc(Cl)cc3Cl)c(C=O)c2c1. The fourth-order valence-corrected chi connectivity index (χ4v) is 3.01. The van der Waals surface area contributed by atoms with Gasteiger partial charge in [-0.1, -0.05) is 36.2 Å². The lowest BCUT2D eigenvalue weighted by Crippen LogP contribution is -1.86. The lowest BCUT2D eigenvalue weighted by molar-refractivity contribution is 0.112. The molecule has 4 heteroatoms. The van der Waals surface area contributed by atoms with Crippen LogP contribution < -0.4 is 0 Å². The molecule has 2 aromatic carbocycles. The van der Waals surface area contributed by atoms with Crippen LogP contribution in [0.4, 0.5) is 0 Å². The Kier molecular flexibility index (Phi) is 3.75. The normalized spacial score (nSPS) is 11.0. The summed E-state index contributed by atoms with van der Waals surface area (Å²) in [5.41, 5.74) is 4.26. The van der Waals surface area contributed by atoms with E-state index < -0.39 is 0 Å². The highest BCUT2D eigenvalue weighted by molar-refractivity contribution is 6.36. The molecular formula is C17H13Cl2NO. The Bertz CT molecular complexity index is 836. The molecule has 3 rings (SSSR count). The van der Waals surface area contributed by atoms with E-state index in [1.54, 1.807) is 12.1 Å². The van der Waals surface area contributed by atoms with Crippen LogP contribution in [0.1, 0.15) is 22.8 Å². The van der Waals surface area contributed by atoms with Crippen LogP contribution in [0.2, 0.25) is 10.0 Å². The second-order valence-corrected chi connectivity index (χ2v) is 5.73. The number of hydrogen-bond acceptors (Lipinski definition) is 1. The van der Waals surface area contributed by atoms with Gasteiger partial charge < -0.3 is 4.98 Å². The molecule has 0 aliphatic heterocycles. The van der Waals surface area contributed by atoms with Crippen LogP contribution in [0.3, 0.4) is 0 Å². The molecule has 1 heterocycles. The predicted molar refractivity (Wildman–Crippen MR) is 88.5 cm³/mol. The maximum atomic E-state index is 11.6. The average Bonchev–Trinajstić information content (AvgIpc) is 2.84. The molecule has 2 nitrogen and oxygen atoms in total. The molecule has 1 aromatic heterocycles. The van der Waals surface area contributed by atoms with E-state index in [9.17, 15) is 4.79 Å². The van der Waals surface area contributed by atoms with Crippen molar-refractivity contribution >= 4 is 40.4 Å². The second-order valence-electron chi connectivity index (χ2n) is 4.89. The van der Waals surface area contributed by atoms with E-state index in [0.717, 1.165) is 34.9 Å². The molecule has 0 unspecified atom stereocenters. The minimum Gasteiger partial charge on any atom is -0.354 e. The van der Waals surface area contributed by atoms with E-state index in [4.69, 9.17) is 23.2 Å². The summed E-state index contributed by atoms with van der Waals surface area (Å²) in [4.78, 5) is 14.8. The quantitative estimate of drug-likeness (QED) is 0.634. The molecule has 0 amide bonds. The zero-order valence-electron chi connectivity index (χ0n) is 11.4. The van der Waals surface area contributed by atoms with E-state index >= 15 is 0 Å². The maximum Gasteiger partial charge on any atom is 0.152 e. The van der Waals surface area contributed by atoms with E-state index in [0.29, 0.717) is 15.6 Å². The molecule has 21 heavy (non-hydrogen) atoms. The second kappa shape index (κ2) is 5.55. The van der Waals surface area contributed by atoms with Gasteiger partial charge in [0, 0.05) is 27.1 Å². The first-order valence-corrected chi connectivity index (χ1v) is 7.44. The third-order valence-corrected chi connectivity index (χ3v) is 4.18. The van der Waals surface area contributed by atoms with E-state index in [1.165, 1.54) is 5.56 Å². The van der Waals surface area contributed by atoms with Gasteiger partial charge in [0.2, 0.25) is 0 Å². The van der Waals surface area contributed by atoms with Crippen molar-refractivity contribution in [2.75, 3.05) is 0 Å². The van der Waals surface area contributed by atoms with Gasteiger partial charge >= 0.3 is 0 Å². The highest BCUT2D eigenvalue weighted by Gasteiger charge is 2.15. The Hall–Kier alpha value is -1.77. The number of benzene rings is 2. The van der Waals surface area contributed by atoms with Crippen LogP contribution >= 0.6 is 23.2 Å². The number of carbonyl (C=O) groups excluding carboxylic acids is 1. The number of aromatic nitrogens is 1. The van der Waals surface area contributed by atoms with E-state index in [2.05, 4.69) is 18.0 Å². The summed E-state index contributed by atoms with van der Waals surface area (Å²) in [5, 5.41) is 2.01. The van der Waals surface area contributed by atoms with Gasteiger partial charge in [0.15, 0.2) is 6.29 Å². The smallest absolute Gasteiger partial charge is 0.152 e. The first-order chi connectivity index (χ1) is 10.1. The van der Waals surface area contributed by atoms with Crippen molar-refractivity contribution in [3.63, 3.8) is 0 Å². The Morgan fingerprint density at radius 2 is 1.95 bits per heavy atom. The van der Waals surface area contributed by atoms with E-state index in [-0.39, 0.29) is 0 Å². The van der Waals surface area contributed by atoms with Crippen LogP contribution in [0.5, 0.6) is 0 Å². The van der Waals surface area contributed by atoms with Crippen molar-refractivity contribution in [2.24, 2.45) is 0 Å². The molecule has 1 N–H and O–H groups in total. The number of nitrogens with one attached hydrogen (secondary N) is 1. The van der Waals surface area contributed by atoms with Crippen LogP contribution in [0.15, 0.2) is 36.4 Å². The van der Waals surface area contributed by atoms with Crippen molar-refractivity contribution in [1.82, 2.24) is 4.98 Å². The summed E-state index contributed by atoms with van der Waals surface area (Å²) in [7, 11) is 0. The summed E-state index contributed by atoms with van der Waals surface area (Å²) in [6.07, 6.45) is 1.80. The number of aldehydes is 1. The van der Waals surface area contributed by atoms with Crippen LogP contribution in [0, 0.1) is 0 Å². The van der Waals surface area contributed by atoms with Crippen molar-refractivity contribution in [3.8, 4) is 11.3 Å². The topological polar surface area (TPSA) is 32.9 Å². The van der Waals surface area contributed by atoms with E-state index in [1.807, 2.05) is 18.2 Å². The van der Waals surface area contributed by atoms with Crippen molar-refractivity contribution in [2.45, 2.75) is 13.3 Å². The predicted octanol–water partition coefficient (Wildman–Crippen LogP) is 5.52. The van der Waals surface area contributed by atoms with Gasteiger partial charge in [0.05, 0.1) is 10.7 Å². The van der Waals surface area contributed by atoms with Crippen LogP contribution in [-0.4, -0.2) is 11.3 Å². The molecule has 3 aromatic rings. The summed E-state index contributed by atoms with van der Waals surface area (Å²) in [5.74, 6) is 0. The van der Waals surface area contributed by atoms with Crippen LogP contribution in [-0.2, 0) is 6.42 Å². The summed E-state index contributed by atoms with van der Waals surface area (Å²) in [6, 6.07) is 11.4. The molecule has 0 aliphatic carbocycles. The van der Waals surface area contributed by atoms with Crippen molar-refractivity contribution in [1.29, 1.82) is 0 Å². The minimum atomic E-state index is 0.521. The number of rotatable bonds is 3. The lowest BCUT2D eigenvalue weighted by Gasteiger charge is -2.03. The first-order valence-electron chi connectivity index (χ1n) is 6.69. The lowest BCUT2D eigenvalue weighted by atomic mass is 10.0. The third-order valence-electron chi connectivity index (χ3n) is 3.63. The van der Waals surface area contributed by atoms with Crippen LogP contribution in [0.25, 0.3) is 22.2 Å². The van der Waals surface area contributed by atoms with Crippen molar-refractivity contribution in [3.05, 3.63) is 57.6 Å². The summed E-state index contributed by atoms with van der Waals surface area (Å²) < 4.78 is 0. The first kappa shape index (κ1) is 14.2. The minimum absolute atomic E-state index is 0.521. The maximum absolute atomic E-state index is 11.6. The van der Waals surface area contributed by atoms with Gasteiger partial charge in [0.1, 0.15) is 0 Å². The molecule has 0 saturated heterocycles. The Labute approximate surface area is 132 Å². The zero-order chi connectivity index (χ0) is 15.0. The number of hydrogen-bond donors (Lipinski definition) is 1. The molecule has 0 fully saturated rings. The van der Waals surface area contributed by atoms with Gasteiger partial charge in [-0.2, -0.15) is 0 Å². The number of carbonyl (C=O) groups is 1. The number of H-pyrrole nitrogens is 1. The van der Waals surface area contributed by atoms with Gasteiger partial charge in [-0.05, 0) is 42.3 Å². The largest absolute Gasteiger partial charge is 0.354 e. The number of halogens is 2. The zero-order valence-corrected chi connectivity index (χ0v) is 12.9. The third kappa shape index (κ3) is 2.45. The Balaban J connectivity index is 2.29. The molecular weight excluding hydrogens is 305 g/mol. The summed E-state index contributed by atoms with van der Waals surface area (Å²) >= 11 is 12.2. The number of aromatic amines is 1. The number of fused-ring (bicyclic) bond motifs is 1. The fraction of sp³-hybridized carbons (Fsp3) is 0.118. The molecule has 0 saturated carbocycles. The molecule has 0 atom stereocenters. The molecule has 0 bridgehead atoms. The number of aryl methyl sites for hydroxylation is 1. The highest BCUT2D eigenvalue weighted by atomic mass is 35.5. The molecule has 0 spiro atoms. The van der Waals surface area contributed by atoms with Gasteiger partial charge in [-0.15, -0.1) is 0 Å². The molecule has 0 aliphatic rings. The average molecular weight is 318 g/mol. The highest BCUT2D eigenvalue weighted by Crippen LogP contribution is 2.35. The van der Waals surface area contributed by atoms with Crippen molar-refractivity contribution < 1.29 is 4.79 Å². The molecule has 0 radical (unpaired) electrons. The summed E-state index contributed by atoms with van der Waals surface area (Å²) in [6.45, 7) is 2.09. The fourth-order valence-electron chi connectivity index (χ4n) is 2.51. The Morgan fingerprint density at radius 3 is 2.62 bits per heavy atom.